The molecule has 3 aliphatic carbocycles. The van der Waals surface area contributed by atoms with Crippen molar-refractivity contribution in [2.45, 2.75) is 151 Å². The highest BCUT2D eigenvalue weighted by Gasteiger charge is 2.80. The second-order valence-corrected chi connectivity index (χ2v) is 24.5. The van der Waals surface area contributed by atoms with E-state index in [9.17, 15) is 19.5 Å². The van der Waals surface area contributed by atoms with E-state index in [0.717, 1.165) is 0 Å². The zero-order chi connectivity index (χ0) is 38.4. The smallest absolute Gasteiger partial charge is 0.450 e. The second kappa shape index (κ2) is 13.3. The zero-order valence-electron chi connectivity index (χ0n) is 31.1. The fourth-order valence-electron chi connectivity index (χ4n) is 10.4. The van der Waals surface area contributed by atoms with Crippen molar-refractivity contribution >= 4 is 67.2 Å². The number of rotatable bonds is 8. The number of esters is 1. The molecule has 2 heterocycles. The van der Waals surface area contributed by atoms with Gasteiger partial charge in [-0.2, -0.15) is 0 Å². The zero-order valence-corrected chi connectivity index (χ0v) is 34.4. The molecule has 2 aliphatic heterocycles. The minimum absolute atomic E-state index is 0.124. The number of ketones is 1. The first-order valence-electron chi connectivity index (χ1n) is 17.6. The summed E-state index contributed by atoms with van der Waals surface area (Å²) in [6.45, 7) is 20.3. The SMILES string of the molecule is CC(=O)O[C@H]1C(=O)[C@@]2(C)C([C@@H]3OC(=O)O[C@]34C[C@H](O[Si](C(C)C)(C(C)C)C(C)C)C(C)=C1C4(C)C)[C@]1(O)CO[C@@H]1C[C@@H]2OC(=O)OCC(Cl)(Cl)Cl. The predicted molar refractivity (Wildman–Crippen MR) is 189 cm³/mol. The molecule has 2 bridgehead atoms. The number of ether oxygens (including phenoxy) is 6. The summed E-state index contributed by atoms with van der Waals surface area (Å²) >= 11 is 17.4. The summed E-state index contributed by atoms with van der Waals surface area (Å²) in [6.07, 6.45) is -8.01. The van der Waals surface area contributed by atoms with E-state index in [1.54, 1.807) is 0 Å². The van der Waals surface area contributed by atoms with Gasteiger partial charge in [0.05, 0.1) is 24.2 Å². The molecule has 0 radical (unpaired) electrons. The van der Waals surface area contributed by atoms with Gasteiger partial charge in [0.1, 0.15) is 18.3 Å². The largest absolute Gasteiger partial charge is 0.509 e. The van der Waals surface area contributed by atoms with Crippen LogP contribution in [0.3, 0.4) is 0 Å². The Labute approximate surface area is 315 Å². The van der Waals surface area contributed by atoms with E-state index in [1.165, 1.54) is 13.8 Å². The molecule has 5 rings (SSSR count). The molecule has 288 valence electrons. The van der Waals surface area contributed by atoms with Gasteiger partial charge >= 0.3 is 18.3 Å². The van der Waals surface area contributed by atoms with Gasteiger partial charge in [0.2, 0.25) is 12.1 Å². The van der Waals surface area contributed by atoms with E-state index in [2.05, 4.69) is 41.5 Å². The Morgan fingerprint density at radius 1 is 1.02 bits per heavy atom. The number of carbonyl (C=O) groups is 4. The molecule has 0 amide bonds. The van der Waals surface area contributed by atoms with Crippen molar-refractivity contribution in [3.63, 3.8) is 0 Å². The molecule has 9 atom stereocenters. The predicted octanol–water partition coefficient (Wildman–Crippen LogP) is 7.13. The molecule has 0 aromatic heterocycles. The first kappa shape index (κ1) is 40.6. The molecule has 0 aromatic carbocycles. The molecule has 51 heavy (non-hydrogen) atoms. The summed E-state index contributed by atoms with van der Waals surface area (Å²) in [5.74, 6) is -2.68. The van der Waals surface area contributed by atoms with Gasteiger partial charge in [-0.25, -0.2) is 9.59 Å². The standard InChI is InChI=1S/C35H51Cl3O12Si/c1-16(2)51(17(3)4,18(5)6)50-21-13-34-28(48-30(42)49-34)26-32(11,27(40)25(46-20(8)39)24(19(21)7)31(34,9)10)22(12-23-33(26,43)14-44-23)47-29(41)45-15-35(36,37)38/h16-18,21-23,25-26,28,43H,12-15H2,1-11H3/t21-,22-,23+,25+,26?,28-,32+,33-,34+/m0/s1. The minimum Gasteiger partial charge on any atom is -0.450 e. The van der Waals surface area contributed by atoms with Gasteiger partial charge in [0.25, 0.3) is 0 Å². The lowest BCUT2D eigenvalue weighted by Gasteiger charge is -2.66. The quantitative estimate of drug-likeness (QED) is 0.0874. The van der Waals surface area contributed by atoms with Crippen LogP contribution in [-0.2, 0) is 42.4 Å². The van der Waals surface area contributed by atoms with Crippen molar-refractivity contribution in [3.8, 4) is 0 Å². The van der Waals surface area contributed by atoms with E-state index < -0.39 is 101 Å². The highest BCUT2D eigenvalue weighted by Crippen LogP contribution is 2.66. The van der Waals surface area contributed by atoms with Crippen LogP contribution >= 0.6 is 34.8 Å². The van der Waals surface area contributed by atoms with Gasteiger partial charge < -0.3 is 38.0 Å². The highest BCUT2D eigenvalue weighted by atomic mass is 35.6. The summed E-state index contributed by atoms with van der Waals surface area (Å²) < 4.78 is 40.6. The van der Waals surface area contributed by atoms with Crippen LogP contribution in [0.15, 0.2) is 11.1 Å². The van der Waals surface area contributed by atoms with Crippen LogP contribution in [0.25, 0.3) is 0 Å². The number of carbonyl (C=O) groups excluding carboxylic acids is 4. The Balaban J connectivity index is 1.78. The maximum Gasteiger partial charge on any atom is 0.509 e. The highest BCUT2D eigenvalue weighted by molar-refractivity contribution is 6.77. The number of fused-ring (bicyclic) bond motifs is 5. The van der Waals surface area contributed by atoms with Crippen LogP contribution < -0.4 is 0 Å². The van der Waals surface area contributed by atoms with Crippen molar-refractivity contribution in [1.82, 2.24) is 0 Å². The third-order valence-corrected chi connectivity index (χ3v) is 19.1. The number of hydrogen-bond acceptors (Lipinski definition) is 12. The topological polar surface area (TPSA) is 153 Å². The lowest BCUT2D eigenvalue weighted by Crippen LogP contribution is -2.80. The first-order chi connectivity index (χ1) is 23.3. The fourth-order valence-corrected chi connectivity index (χ4v) is 16.2. The summed E-state index contributed by atoms with van der Waals surface area (Å²) in [4.78, 5) is 55.1. The molecule has 16 heteroatoms. The van der Waals surface area contributed by atoms with Gasteiger partial charge in [-0.15, -0.1) is 0 Å². The second-order valence-electron chi connectivity index (χ2n) is 16.5. The Morgan fingerprint density at radius 3 is 2.10 bits per heavy atom. The fraction of sp³-hybridized carbons (Fsp3) is 0.829. The Kier molecular flexibility index (Phi) is 10.6. The molecular formula is C35H51Cl3O12Si. The van der Waals surface area contributed by atoms with E-state index in [0.29, 0.717) is 11.1 Å². The Morgan fingerprint density at radius 2 is 1.61 bits per heavy atom. The van der Waals surface area contributed by atoms with Crippen molar-refractivity contribution in [1.29, 1.82) is 0 Å². The van der Waals surface area contributed by atoms with Crippen molar-refractivity contribution in [3.05, 3.63) is 11.1 Å². The third-order valence-electron chi connectivity index (χ3n) is 12.7. The van der Waals surface area contributed by atoms with E-state index in [-0.39, 0.29) is 36.1 Å². The Hall–Kier alpha value is -1.61. The molecular weight excluding hydrogens is 747 g/mol. The average molecular weight is 798 g/mol. The summed E-state index contributed by atoms with van der Waals surface area (Å²) in [5.41, 5.74) is -4.72. The normalized spacial score (nSPS) is 37.4. The van der Waals surface area contributed by atoms with Gasteiger partial charge in [-0.3, -0.25) is 9.59 Å². The molecule has 2 saturated heterocycles. The maximum absolute atomic E-state index is 15.5. The monoisotopic (exact) mass is 796 g/mol. The van der Waals surface area contributed by atoms with E-state index in [1.807, 2.05) is 20.8 Å². The molecule has 1 N–H and O–H groups in total. The number of Topliss-reactive ketones (excluding diaryl/α,β-unsaturated/α-hetero) is 1. The molecule has 12 nitrogen and oxygen atoms in total. The van der Waals surface area contributed by atoms with Crippen LogP contribution in [-0.4, -0.2) is 96.2 Å². The van der Waals surface area contributed by atoms with Crippen LogP contribution in [0.2, 0.25) is 16.6 Å². The molecule has 2 saturated carbocycles. The molecule has 4 fully saturated rings. The van der Waals surface area contributed by atoms with Crippen LogP contribution in [0.1, 0.15) is 89.0 Å². The average Bonchev–Trinajstić information content (AvgIpc) is 3.31. The molecule has 0 aromatic rings. The maximum atomic E-state index is 15.5. The summed E-state index contributed by atoms with van der Waals surface area (Å²) in [5, 5.41) is 12.5. The first-order valence-corrected chi connectivity index (χ1v) is 20.8. The van der Waals surface area contributed by atoms with Gasteiger partial charge in [-0.1, -0.05) is 90.2 Å². The lowest BCUT2D eigenvalue weighted by atomic mass is 9.45. The van der Waals surface area contributed by atoms with E-state index >= 15 is 4.79 Å². The summed E-state index contributed by atoms with van der Waals surface area (Å²) in [6, 6.07) is 0. The van der Waals surface area contributed by atoms with Gasteiger partial charge in [-0.05, 0) is 41.6 Å². The number of hydrogen-bond donors (Lipinski definition) is 1. The van der Waals surface area contributed by atoms with Crippen LogP contribution in [0.4, 0.5) is 9.59 Å². The molecule has 1 spiro atoms. The van der Waals surface area contributed by atoms with Gasteiger partial charge in [0, 0.05) is 31.1 Å². The van der Waals surface area contributed by atoms with Crippen molar-refractivity contribution < 1.29 is 57.1 Å². The van der Waals surface area contributed by atoms with Crippen LogP contribution in [0.5, 0.6) is 0 Å². The van der Waals surface area contributed by atoms with Gasteiger partial charge in [0.15, 0.2) is 23.6 Å². The lowest BCUT2D eigenvalue weighted by molar-refractivity contribution is -0.334. The Bertz CT molecular complexity index is 1470. The molecule has 1 unspecified atom stereocenters. The van der Waals surface area contributed by atoms with E-state index in [4.69, 9.17) is 67.7 Å². The number of alkyl halides is 3. The minimum atomic E-state index is -2.62. The van der Waals surface area contributed by atoms with Crippen molar-refractivity contribution in [2.75, 3.05) is 13.2 Å². The molecule has 5 aliphatic rings. The van der Waals surface area contributed by atoms with Crippen molar-refractivity contribution in [2.24, 2.45) is 16.7 Å². The third kappa shape index (κ3) is 6.12. The van der Waals surface area contributed by atoms with Crippen LogP contribution in [0, 0.1) is 16.7 Å². The number of aliphatic hydroxyl groups is 1. The summed E-state index contributed by atoms with van der Waals surface area (Å²) in [7, 11) is -2.62. The number of halogens is 3.